The zero-order chi connectivity index (χ0) is 20.4. The minimum absolute atomic E-state index is 0.238. The van der Waals surface area contributed by atoms with Gasteiger partial charge in [-0.3, -0.25) is 9.69 Å². The van der Waals surface area contributed by atoms with Gasteiger partial charge < -0.3 is 9.64 Å². The third kappa shape index (κ3) is 5.16. The van der Waals surface area contributed by atoms with Crippen LogP contribution in [0.2, 0.25) is 0 Å². The molecule has 0 bridgehead atoms. The highest BCUT2D eigenvalue weighted by Gasteiger charge is 2.25. The lowest BCUT2D eigenvalue weighted by Crippen LogP contribution is -2.43. The summed E-state index contributed by atoms with van der Waals surface area (Å²) in [6.07, 6.45) is 1.08. The number of aromatic nitrogens is 1. The molecule has 1 amide bonds. The smallest absolute Gasteiger partial charge is 0.244 e. The van der Waals surface area contributed by atoms with Gasteiger partial charge in [-0.25, -0.2) is 13.4 Å². The molecule has 0 unspecified atom stereocenters. The Kier molecular flexibility index (Phi) is 6.79. The van der Waals surface area contributed by atoms with Crippen LogP contribution in [-0.2, 0) is 14.8 Å². The number of nitrogens with zero attached hydrogens (tertiary/aromatic N) is 4. The number of aryl methyl sites for hydroxylation is 1. The Hall–Kier alpha value is -1.75. The zero-order valence-corrected chi connectivity index (χ0v) is 18.1. The molecule has 0 aliphatic heterocycles. The van der Waals surface area contributed by atoms with Gasteiger partial charge in [0.15, 0.2) is 5.13 Å². The molecule has 0 atom stereocenters. The summed E-state index contributed by atoms with van der Waals surface area (Å²) in [4.78, 5) is 21.0. The molecular formula is C17H26N4O4S2. The summed E-state index contributed by atoms with van der Waals surface area (Å²) < 4.78 is 30.7. The number of fused-ring (bicyclic) bond motifs is 1. The Morgan fingerprint density at radius 1 is 1.22 bits per heavy atom. The van der Waals surface area contributed by atoms with Gasteiger partial charge in [0.1, 0.15) is 11.3 Å². The Morgan fingerprint density at radius 3 is 2.44 bits per heavy atom. The molecule has 0 spiro atoms. The first kappa shape index (κ1) is 21.5. The van der Waals surface area contributed by atoms with Crippen LogP contribution in [0.1, 0.15) is 5.56 Å². The molecule has 2 aromatic rings. The van der Waals surface area contributed by atoms with Gasteiger partial charge in [-0.05, 0) is 32.6 Å². The fraction of sp³-hybridized carbons (Fsp3) is 0.529. The van der Waals surface area contributed by atoms with Crippen LogP contribution in [0.3, 0.4) is 0 Å². The lowest BCUT2D eigenvalue weighted by molar-refractivity contribution is -0.118. The van der Waals surface area contributed by atoms with Crippen molar-refractivity contribution in [2.45, 2.75) is 6.92 Å². The van der Waals surface area contributed by atoms with Crippen molar-refractivity contribution in [3.05, 3.63) is 17.7 Å². The van der Waals surface area contributed by atoms with E-state index >= 15 is 0 Å². The van der Waals surface area contributed by atoms with E-state index in [-0.39, 0.29) is 12.5 Å². The van der Waals surface area contributed by atoms with Gasteiger partial charge in [-0.15, -0.1) is 0 Å². The van der Waals surface area contributed by atoms with Gasteiger partial charge in [0.25, 0.3) is 0 Å². The summed E-state index contributed by atoms with van der Waals surface area (Å²) in [6.45, 7) is 2.77. The normalized spacial score (nSPS) is 12.1. The standard InChI is InChI=1S/C17H26N4O4S2/c1-12-7-8-13(25-5)15-16(12)26-17(18-15)21(10-9-19(2)3)14(22)11-20(4)27(6,23)24/h7-8H,9-11H2,1-6H3. The summed E-state index contributed by atoms with van der Waals surface area (Å²) in [5, 5.41) is 0.534. The lowest BCUT2D eigenvalue weighted by Gasteiger charge is -2.24. The van der Waals surface area contributed by atoms with E-state index in [0.29, 0.717) is 29.5 Å². The number of hydrogen-bond acceptors (Lipinski definition) is 7. The Bertz CT molecular complexity index is 924. The van der Waals surface area contributed by atoms with Crippen LogP contribution in [0, 0.1) is 6.92 Å². The second kappa shape index (κ2) is 8.51. The van der Waals surface area contributed by atoms with Crippen molar-refractivity contribution in [2.75, 3.05) is 59.0 Å². The average molecular weight is 415 g/mol. The largest absolute Gasteiger partial charge is 0.494 e. The second-order valence-corrected chi connectivity index (χ2v) is 9.69. The van der Waals surface area contributed by atoms with Crippen molar-refractivity contribution >= 4 is 42.6 Å². The fourth-order valence-corrected chi connectivity index (χ4v) is 3.84. The van der Waals surface area contributed by atoms with Crippen LogP contribution < -0.4 is 9.64 Å². The molecule has 0 fully saturated rings. The molecule has 0 aliphatic rings. The van der Waals surface area contributed by atoms with Crippen molar-refractivity contribution in [2.24, 2.45) is 0 Å². The summed E-state index contributed by atoms with van der Waals surface area (Å²) in [5.41, 5.74) is 1.75. The van der Waals surface area contributed by atoms with Gasteiger partial charge in [0.05, 0.1) is 24.6 Å². The predicted octanol–water partition coefficient (Wildman–Crippen LogP) is 1.40. The molecule has 0 aliphatic carbocycles. The molecule has 0 saturated carbocycles. The molecule has 2 rings (SSSR count). The minimum Gasteiger partial charge on any atom is -0.494 e. The number of anilines is 1. The Morgan fingerprint density at radius 2 is 1.89 bits per heavy atom. The van der Waals surface area contributed by atoms with Crippen LogP contribution >= 0.6 is 11.3 Å². The molecule has 1 heterocycles. The van der Waals surface area contributed by atoms with Gasteiger partial charge in [0.2, 0.25) is 15.9 Å². The van der Waals surface area contributed by atoms with E-state index < -0.39 is 10.0 Å². The summed E-state index contributed by atoms with van der Waals surface area (Å²) in [6, 6.07) is 3.80. The van der Waals surface area contributed by atoms with Crippen molar-refractivity contribution in [3.8, 4) is 5.75 Å². The maximum Gasteiger partial charge on any atom is 0.244 e. The van der Waals surface area contributed by atoms with E-state index in [1.807, 2.05) is 38.1 Å². The number of ether oxygens (including phenoxy) is 1. The highest BCUT2D eigenvalue weighted by atomic mass is 32.2. The number of benzene rings is 1. The molecule has 10 heteroatoms. The number of methoxy groups -OCH3 is 1. The third-order valence-electron chi connectivity index (χ3n) is 4.14. The first-order valence-electron chi connectivity index (χ1n) is 8.35. The molecule has 0 saturated heterocycles. The first-order valence-corrected chi connectivity index (χ1v) is 11.0. The molecule has 8 nitrogen and oxygen atoms in total. The quantitative estimate of drug-likeness (QED) is 0.649. The van der Waals surface area contributed by atoms with Crippen LogP contribution in [0.4, 0.5) is 5.13 Å². The first-order chi connectivity index (χ1) is 12.5. The summed E-state index contributed by atoms with van der Waals surface area (Å²) in [7, 11) is 3.35. The monoisotopic (exact) mass is 414 g/mol. The van der Waals surface area contributed by atoms with E-state index in [1.165, 1.54) is 18.4 Å². The van der Waals surface area contributed by atoms with Crippen molar-refractivity contribution in [1.29, 1.82) is 0 Å². The number of thiazole rings is 1. The van der Waals surface area contributed by atoms with Crippen LogP contribution in [-0.4, -0.2) is 82.7 Å². The van der Waals surface area contributed by atoms with E-state index in [4.69, 9.17) is 4.74 Å². The van der Waals surface area contributed by atoms with E-state index in [9.17, 15) is 13.2 Å². The molecule has 1 aromatic heterocycles. The Labute approximate surface area is 164 Å². The molecule has 1 aromatic carbocycles. The summed E-state index contributed by atoms with van der Waals surface area (Å²) in [5.74, 6) is 0.326. The fourth-order valence-electron chi connectivity index (χ4n) is 2.40. The van der Waals surface area contributed by atoms with E-state index in [1.54, 1.807) is 12.0 Å². The lowest BCUT2D eigenvalue weighted by atomic mass is 10.2. The molecule has 0 N–H and O–H groups in total. The van der Waals surface area contributed by atoms with Crippen LogP contribution in [0.5, 0.6) is 5.75 Å². The number of likely N-dealkylation sites (N-methyl/N-ethyl adjacent to an activating group) is 2. The van der Waals surface area contributed by atoms with E-state index in [0.717, 1.165) is 20.8 Å². The average Bonchev–Trinajstić information content (AvgIpc) is 3.00. The number of carbonyl (C=O) groups excluding carboxylic acids is 1. The number of hydrogen-bond donors (Lipinski definition) is 0. The van der Waals surface area contributed by atoms with Gasteiger partial charge in [-0.1, -0.05) is 17.4 Å². The highest BCUT2D eigenvalue weighted by molar-refractivity contribution is 7.88. The number of amides is 1. The maximum absolute atomic E-state index is 12.9. The number of sulfonamides is 1. The molecule has 27 heavy (non-hydrogen) atoms. The summed E-state index contributed by atoms with van der Waals surface area (Å²) >= 11 is 1.40. The van der Waals surface area contributed by atoms with E-state index in [2.05, 4.69) is 4.98 Å². The maximum atomic E-state index is 12.9. The second-order valence-electron chi connectivity index (χ2n) is 6.63. The number of carbonyl (C=O) groups is 1. The van der Waals surface area contributed by atoms with Crippen LogP contribution in [0.15, 0.2) is 12.1 Å². The predicted molar refractivity (Wildman–Crippen MR) is 109 cm³/mol. The SMILES string of the molecule is COc1ccc(C)c2sc(N(CCN(C)C)C(=O)CN(C)S(C)(=O)=O)nc12. The zero-order valence-electron chi connectivity index (χ0n) is 16.5. The molecule has 150 valence electrons. The van der Waals surface area contributed by atoms with Crippen molar-refractivity contribution < 1.29 is 17.9 Å². The minimum atomic E-state index is -3.45. The molecular weight excluding hydrogens is 388 g/mol. The highest BCUT2D eigenvalue weighted by Crippen LogP contribution is 2.36. The Balaban J connectivity index is 2.43. The third-order valence-corrected chi connectivity index (χ3v) is 6.61. The van der Waals surface area contributed by atoms with Gasteiger partial charge >= 0.3 is 0 Å². The number of rotatable bonds is 8. The van der Waals surface area contributed by atoms with Gasteiger partial charge in [-0.2, -0.15) is 4.31 Å². The molecule has 0 radical (unpaired) electrons. The topological polar surface area (TPSA) is 83.0 Å². The van der Waals surface area contributed by atoms with Gasteiger partial charge in [0, 0.05) is 20.1 Å². The van der Waals surface area contributed by atoms with Crippen LogP contribution in [0.25, 0.3) is 10.2 Å². The van der Waals surface area contributed by atoms with Crippen molar-refractivity contribution in [1.82, 2.24) is 14.2 Å². The van der Waals surface area contributed by atoms with Crippen molar-refractivity contribution in [3.63, 3.8) is 0 Å².